The van der Waals surface area contributed by atoms with E-state index in [4.69, 9.17) is 15.2 Å². The minimum absolute atomic E-state index is 0.0104. The zero-order chi connectivity index (χ0) is 13.4. The Balaban J connectivity index is 2.27. The average Bonchev–Trinajstić information content (AvgIpc) is 2.36. The Morgan fingerprint density at radius 2 is 2.17 bits per heavy atom. The molecule has 0 aliphatic carbocycles. The summed E-state index contributed by atoms with van der Waals surface area (Å²) in [7, 11) is 0. The number of benzene rings is 1. The molecule has 18 heavy (non-hydrogen) atoms. The first-order valence-corrected chi connectivity index (χ1v) is 5.97. The summed E-state index contributed by atoms with van der Waals surface area (Å²) < 4.78 is 23.0. The van der Waals surface area contributed by atoms with Gasteiger partial charge in [-0.25, -0.2) is 9.18 Å². The number of halogens is 1. The first-order valence-electron chi connectivity index (χ1n) is 5.97. The van der Waals surface area contributed by atoms with Gasteiger partial charge < -0.3 is 15.2 Å². The van der Waals surface area contributed by atoms with Crippen LogP contribution in [-0.4, -0.2) is 19.2 Å². The largest absolute Gasteiger partial charge is 0.482 e. The van der Waals surface area contributed by atoms with Gasteiger partial charge in [-0.1, -0.05) is 19.8 Å². The van der Waals surface area contributed by atoms with Crippen molar-refractivity contribution in [2.24, 2.45) is 0 Å². The van der Waals surface area contributed by atoms with Gasteiger partial charge in [0.15, 0.2) is 6.61 Å². The molecule has 0 saturated carbocycles. The maximum absolute atomic E-state index is 12.9. The zero-order valence-corrected chi connectivity index (χ0v) is 10.4. The fourth-order valence-corrected chi connectivity index (χ4v) is 1.33. The second-order valence-corrected chi connectivity index (χ2v) is 3.90. The van der Waals surface area contributed by atoms with Gasteiger partial charge in [-0.3, -0.25) is 0 Å². The minimum atomic E-state index is -0.510. The summed E-state index contributed by atoms with van der Waals surface area (Å²) in [5, 5.41) is 0. The highest BCUT2D eigenvalue weighted by molar-refractivity contribution is 5.71. The van der Waals surface area contributed by atoms with E-state index >= 15 is 0 Å². The Morgan fingerprint density at radius 3 is 2.83 bits per heavy atom. The van der Waals surface area contributed by atoms with Crippen molar-refractivity contribution in [2.75, 3.05) is 18.9 Å². The first kappa shape index (κ1) is 14.3. The molecule has 5 heteroatoms. The third-order valence-electron chi connectivity index (χ3n) is 2.34. The molecule has 4 nitrogen and oxygen atoms in total. The lowest BCUT2D eigenvalue weighted by atomic mass is 10.3. The van der Waals surface area contributed by atoms with Gasteiger partial charge in [0.05, 0.1) is 12.3 Å². The number of carbonyl (C=O) groups is 1. The molecule has 1 aromatic carbocycles. The van der Waals surface area contributed by atoms with Crippen LogP contribution < -0.4 is 10.5 Å². The fraction of sp³-hybridized carbons (Fsp3) is 0.462. The van der Waals surface area contributed by atoms with E-state index in [-0.39, 0.29) is 12.3 Å². The molecule has 0 aliphatic rings. The Kier molecular flexibility index (Phi) is 5.97. The van der Waals surface area contributed by atoms with Crippen LogP contribution in [0.1, 0.15) is 26.2 Å². The van der Waals surface area contributed by atoms with Gasteiger partial charge in [-0.2, -0.15) is 0 Å². The van der Waals surface area contributed by atoms with Crippen LogP contribution in [-0.2, 0) is 9.53 Å². The maximum atomic E-state index is 12.9. The van der Waals surface area contributed by atoms with Crippen LogP contribution >= 0.6 is 0 Å². The molecular weight excluding hydrogens is 237 g/mol. The third-order valence-corrected chi connectivity index (χ3v) is 2.34. The molecular formula is C13H18FNO3. The molecule has 0 heterocycles. The smallest absolute Gasteiger partial charge is 0.344 e. The van der Waals surface area contributed by atoms with Gasteiger partial charge in [0, 0.05) is 6.07 Å². The molecule has 0 fully saturated rings. The molecule has 2 N–H and O–H groups in total. The van der Waals surface area contributed by atoms with Crippen LogP contribution in [0.5, 0.6) is 5.75 Å². The number of hydrogen-bond acceptors (Lipinski definition) is 4. The Morgan fingerprint density at radius 1 is 1.39 bits per heavy atom. The van der Waals surface area contributed by atoms with E-state index in [2.05, 4.69) is 6.92 Å². The van der Waals surface area contributed by atoms with Gasteiger partial charge in [0.1, 0.15) is 11.6 Å². The average molecular weight is 255 g/mol. The van der Waals surface area contributed by atoms with Crippen molar-refractivity contribution in [1.82, 2.24) is 0 Å². The van der Waals surface area contributed by atoms with Gasteiger partial charge >= 0.3 is 5.97 Å². The second-order valence-electron chi connectivity index (χ2n) is 3.90. The van der Waals surface area contributed by atoms with Crippen LogP contribution in [0, 0.1) is 5.82 Å². The predicted molar refractivity (Wildman–Crippen MR) is 66.8 cm³/mol. The van der Waals surface area contributed by atoms with Gasteiger partial charge in [-0.15, -0.1) is 0 Å². The van der Waals surface area contributed by atoms with Gasteiger partial charge in [0.25, 0.3) is 0 Å². The highest BCUT2D eigenvalue weighted by Crippen LogP contribution is 2.18. The molecule has 0 saturated heterocycles. The third kappa shape index (κ3) is 5.03. The molecule has 1 aromatic rings. The molecule has 0 amide bonds. The molecule has 0 radical (unpaired) electrons. The monoisotopic (exact) mass is 255 g/mol. The number of ether oxygens (including phenoxy) is 2. The lowest BCUT2D eigenvalue weighted by Gasteiger charge is -2.07. The molecule has 0 unspecified atom stereocenters. The molecule has 0 spiro atoms. The normalized spacial score (nSPS) is 10.1. The number of hydrogen-bond donors (Lipinski definition) is 1. The number of carbonyl (C=O) groups excluding carboxylic acids is 1. The predicted octanol–water partition coefficient (Wildman–Crippen LogP) is 2.52. The summed E-state index contributed by atoms with van der Waals surface area (Å²) in [4.78, 5) is 11.3. The molecule has 100 valence electrons. The second kappa shape index (κ2) is 7.53. The van der Waals surface area contributed by atoms with Crippen molar-refractivity contribution >= 4 is 11.7 Å². The Hall–Kier alpha value is -1.78. The van der Waals surface area contributed by atoms with Crippen molar-refractivity contribution in [1.29, 1.82) is 0 Å². The van der Waals surface area contributed by atoms with Crippen LogP contribution in [0.4, 0.5) is 10.1 Å². The number of anilines is 1. The van der Waals surface area contributed by atoms with Crippen LogP contribution in [0.15, 0.2) is 18.2 Å². The van der Waals surface area contributed by atoms with Crippen molar-refractivity contribution < 1.29 is 18.7 Å². The Labute approximate surface area is 106 Å². The van der Waals surface area contributed by atoms with E-state index in [1.54, 1.807) is 0 Å². The van der Waals surface area contributed by atoms with Crippen molar-refractivity contribution in [3.8, 4) is 5.75 Å². The van der Waals surface area contributed by atoms with E-state index in [1.165, 1.54) is 18.2 Å². The van der Waals surface area contributed by atoms with E-state index in [9.17, 15) is 9.18 Å². The van der Waals surface area contributed by atoms with E-state index < -0.39 is 11.8 Å². The highest BCUT2D eigenvalue weighted by Gasteiger charge is 2.05. The standard InChI is InChI=1S/C13H18FNO3/c1-2-3-4-7-17-13(16)9-18-10-5-6-11(14)12(15)8-10/h5-6,8H,2-4,7,9,15H2,1H3. The van der Waals surface area contributed by atoms with Crippen LogP contribution in [0.2, 0.25) is 0 Å². The van der Waals surface area contributed by atoms with Crippen LogP contribution in [0.25, 0.3) is 0 Å². The summed E-state index contributed by atoms with van der Waals surface area (Å²) in [6.45, 7) is 2.28. The number of nitrogens with two attached hydrogens (primary N) is 1. The number of rotatable bonds is 7. The molecule has 0 bridgehead atoms. The summed E-state index contributed by atoms with van der Waals surface area (Å²) in [6, 6.07) is 3.94. The summed E-state index contributed by atoms with van der Waals surface area (Å²) in [6.07, 6.45) is 2.96. The van der Waals surface area contributed by atoms with Crippen LogP contribution in [0.3, 0.4) is 0 Å². The topological polar surface area (TPSA) is 61.5 Å². The summed E-state index contributed by atoms with van der Waals surface area (Å²) in [5.74, 6) is -0.599. The van der Waals surface area contributed by atoms with E-state index in [0.29, 0.717) is 12.4 Å². The number of esters is 1. The molecule has 0 aliphatic heterocycles. The zero-order valence-electron chi connectivity index (χ0n) is 10.4. The highest BCUT2D eigenvalue weighted by atomic mass is 19.1. The number of unbranched alkanes of at least 4 members (excludes halogenated alkanes) is 2. The van der Waals surface area contributed by atoms with E-state index in [0.717, 1.165) is 19.3 Å². The minimum Gasteiger partial charge on any atom is -0.482 e. The summed E-state index contributed by atoms with van der Waals surface area (Å²) in [5.41, 5.74) is 5.36. The van der Waals surface area contributed by atoms with Crippen molar-refractivity contribution in [3.63, 3.8) is 0 Å². The van der Waals surface area contributed by atoms with Gasteiger partial charge in [0.2, 0.25) is 0 Å². The van der Waals surface area contributed by atoms with Crippen molar-refractivity contribution in [2.45, 2.75) is 26.2 Å². The maximum Gasteiger partial charge on any atom is 0.344 e. The first-order chi connectivity index (χ1) is 8.63. The van der Waals surface area contributed by atoms with Crippen molar-refractivity contribution in [3.05, 3.63) is 24.0 Å². The SMILES string of the molecule is CCCCCOC(=O)COc1ccc(F)c(N)c1. The number of nitrogen functional groups attached to an aromatic ring is 1. The molecule has 0 atom stereocenters. The fourth-order valence-electron chi connectivity index (χ4n) is 1.33. The quantitative estimate of drug-likeness (QED) is 0.462. The lowest BCUT2D eigenvalue weighted by Crippen LogP contribution is -2.15. The molecule has 0 aromatic heterocycles. The van der Waals surface area contributed by atoms with E-state index in [1.807, 2.05) is 0 Å². The summed E-state index contributed by atoms with van der Waals surface area (Å²) >= 11 is 0. The lowest BCUT2D eigenvalue weighted by molar-refractivity contribution is -0.146. The van der Waals surface area contributed by atoms with Gasteiger partial charge in [-0.05, 0) is 18.6 Å². The molecule has 1 rings (SSSR count). The Bertz CT molecular complexity index is 396.